The molecule has 178 valence electrons. The number of halogens is 1. The summed E-state index contributed by atoms with van der Waals surface area (Å²) in [6.07, 6.45) is 4.94. The van der Waals surface area contributed by atoms with Crippen LogP contribution in [0, 0.1) is 29.5 Å². The van der Waals surface area contributed by atoms with Gasteiger partial charge in [0.05, 0.1) is 24.5 Å². The number of pyridine rings is 1. The third kappa shape index (κ3) is 5.70. The maximum atomic E-state index is 13.7. The van der Waals surface area contributed by atoms with Crippen molar-refractivity contribution in [2.75, 3.05) is 19.4 Å². The molecule has 2 fully saturated rings. The van der Waals surface area contributed by atoms with E-state index in [9.17, 15) is 17.6 Å². The Morgan fingerprint density at radius 3 is 2.73 bits per heavy atom. The molecule has 1 aromatic heterocycles. The molecule has 7 nitrogen and oxygen atoms in total. The minimum atomic E-state index is -3.50. The molecule has 1 aromatic carbocycles. The summed E-state index contributed by atoms with van der Waals surface area (Å²) in [6.45, 7) is 6.06. The summed E-state index contributed by atoms with van der Waals surface area (Å²) in [7, 11) is -3.50. The SMILES string of the molecule is C=C(CCNC(=O)C(C)[C@H]1[C@@H]2C[C@@H](Oc3ccnc4ccc(F)cc34)C[C@@H]21)COS(C)(=O)=O. The van der Waals surface area contributed by atoms with Gasteiger partial charge in [-0.05, 0) is 66.9 Å². The predicted molar refractivity (Wildman–Crippen MR) is 123 cm³/mol. The quantitative estimate of drug-likeness (QED) is 0.417. The van der Waals surface area contributed by atoms with Crippen molar-refractivity contribution in [1.29, 1.82) is 0 Å². The third-order valence-electron chi connectivity index (χ3n) is 6.67. The van der Waals surface area contributed by atoms with E-state index in [1.54, 1.807) is 18.3 Å². The maximum absolute atomic E-state index is 13.7. The minimum absolute atomic E-state index is 0.000646. The van der Waals surface area contributed by atoms with Crippen molar-refractivity contribution in [2.24, 2.45) is 23.7 Å². The normalized spacial score (nSPS) is 24.8. The molecule has 0 saturated heterocycles. The van der Waals surface area contributed by atoms with Crippen molar-refractivity contribution in [2.45, 2.75) is 32.3 Å². The highest BCUT2D eigenvalue weighted by Gasteiger charge is 2.59. The standard InChI is InChI=1S/C24H29FN2O5S/c1-14(13-31-33(3,29)30)6-8-27-24(28)15(2)23-18-11-17(12-19(18)23)32-22-7-9-26-21-5-4-16(25)10-20(21)22/h4-5,7,9-10,15,17-19,23H,1,6,8,11-13H2,2-3H3,(H,27,28)/t15?,17-,18-,19+,23+. The Balaban J connectivity index is 1.22. The van der Waals surface area contributed by atoms with Crippen LogP contribution in [0.2, 0.25) is 0 Å². The van der Waals surface area contributed by atoms with E-state index in [4.69, 9.17) is 8.92 Å². The summed E-state index contributed by atoms with van der Waals surface area (Å²) in [6, 6.07) is 6.26. The number of hydrogen-bond acceptors (Lipinski definition) is 6. The van der Waals surface area contributed by atoms with Gasteiger partial charge in [0.1, 0.15) is 11.6 Å². The molecular weight excluding hydrogens is 447 g/mol. The lowest BCUT2D eigenvalue weighted by Gasteiger charge is -2.20. The number of hydrogen-bond donors (Lipinski definition) is 1. The lowest BCUT2D eigenvalue weighted by Crippen LogP contribution is -2.32. The van der Waals surface area contributed by atoms with Crippen LogP contribution in [0.4, 0.5) is 4.39 Å². The summed E-state index contributed by atoms with van der Waals surface area (Å²) < 4.78 is 46.6. The highest BCUT2D eigenvalue weighted by molar-refractivity contribution is 7.86. The van der Waals surface area contributed by atoms with E-state index in [1.807, 2.05) is 6.92 Å². The number of fused-ring (bicyclic) bond motifs is 2. The monoisotopic (exact) mass is 476 g/mol. The number of amides is 1. The van der Waals surface area contributed by atoms with Gasteiger partial charge in [-0.25, -0.2) is 4.39 Å². The number of ether oxygens (including phenoxy) is 1. The molecule has 5 atom stereocenters. The molecule has 1 amide bonds. The first-order chi connectivity index (χ1) is 15.6. The number of rotatable bonds is 10. The molecule has 1 heterocycles. The molecule has 1 unspecified atom stereocenters. The van der Waals surface area contributed by atoms with Crippen molar-refractivity contribution < 1.29 is 26.5 Å². The van der Waals surface area contributed by atoms with Gasteiger partial charge in [-0.3, -0.25) is 14.0 Å². The Bertz CT molecular complexity index is 1160. The average molecular weight is 477 g/mol. The van der Waals surface area contributed by atoms with Crippen molar-refractivity contribution >= 4 is 26.9 Å². The Labute approximate surface area is 193 Å². The molecule has 0 radical (unpaired) electrons. The second-order valence-electron chi connectivity index (χ2n) is 9.13. The number of nitrogens with zero attached hydrogens (tertiary/aromatic N) is 1. The van der Waals surface area contributed by atoms with Crippen molar-refractivity contribution in [3.63, 3.8) is 0 Å². The van der Waals surface area contributed by atoms with Gasteiger partial charge < -0.3 is 10.1 Å². The van der Waals surface area contributed by atoms with E-state index in [0.29, 0.717) is 52.9 Å². The number of carbonyl (C=O) groups excluding carboxylic acids is 1. The fourth-order valence-electron chi connectivity index (χ4n) is 5.02. The van der Waals surface area contributed by atoms with Gasteiger partial charge in [-0.15, -0.1) is 0 Å². The number of aromatic nitrogens is 1. The Kier molecular flexibility index (Phi) is 6.72. The second-order valence-corrected chi connectivity index (χ2v) is 10.8. The number of carbonyl (C=O) groups is 1. The van der Waals surface area contributed by atoms with Gasteiger partial charge in [-0.1, -0.05) is 13.5 Å². The van der Waals surface area contributed by atoms with Gasteiger partial charge in [-0.2, -0.15) is 8.42 Å². The van der Waals surface area contributed by atoms with Crippen LogP contribution in [-0.4, -0.2) is 44.8 Å². The lowest BCUT2D eigenvalue weighted by atomic mass is 9.97. The van der Waals surface area contributed by atoms with Crippen LogP contribution in [0.3, 0.4) is 0 Å². The van der Waals surface area contributed by atoms with E-state index in [0.717, 1.165) is 19.1 Å². The molecule has 2 aliphatic carbocycles. The van der Waals surface area contributed by atoms with Crippen LogP contribution in [0.1, 0.15) is 26.2 Å². The zero-order valence-corrected chi connectivity index (χ0v) is 19.6. The number of nitrogens with one attached hydrogen (secondary N) is 1. The minimum Gasteiger partial charge on any atom is -0.490 e. The van der Waals surface area contributed by atoms with Crippen molar-refractivity contribution in [3.05, 3.63) is 48.4 Å². The average Bonchev–Trinajstić information content (AvgIpc) is 3.26. The molecule has 0 aliphatic heterocycles. The van der Waals surface area contributed by atoms with E-state index in [2.05, 4.69) is 16.9 Å². The van der Waals surface area contributed by atoms with Crippen LogP contribution in [0.15, 0.2) is 42.6 Å². The fraction of sp³-hybridized carbons (Fsp3) is 0.500. The predicted octanol–water partition coefficient (Wildman–Crippen LogP) is 3.45. The number of benzene rings is 1. The smallest absolute Gasteiger partial charge is 0.264 e. The van der Waals surface area contributed by atoms with Gasteiger partial charge in [0.2, 0.25) is 5.91 Å². The van der Waals surface area contributed by atoms with Gasteiger partial charge in [0, 0.05) is 24.0 Å². The van der Waals surface area contributed by atoms with E-state index < -0.39 is 10.1 Å². The topological polar surface area (TPSA) is 94.6 Å². The Morgan fingerprint density at radius 1 is 1.30 bits per heavy atom. The summed E-state index contributed by atoms with van der Waals surface area (Å²) in [5.41, 5.74) is 1.31. The largest absolute Gasteiger partial charge is 0.490 e. The van der Waals surface area contributed by atoms with Gasteiger partial charge in [0.15, 0.2) is 0 Å². The zero-order valence-electron chi connectivity index (χ0n) is 18.8. The van der Waals surface area contributed by atoms with Crippen LogP contribution >= 0.6 is 0 Å². The summed E-state index contributed by atoms with van der Waals surface area (Å²) in [5, 5.41) is 3.59. The molecular formula is C24H29FN2O5S. The first-order valence-electron chi connectivity index (χ1n) is 11.1. The molecule has 33 heavy (non-hydrogen) atoms. The van der Waals surface area contributed by atoms with Crippen LogP contribution in [-0.2, 0) is 19.1 Å². The molecule has 2 aliphatic rings. The van der Waals surface area contributed by atoms with Gasteiger partial charge >= 0.3 is 0 Å². The molecule has 9 heteroatoms. The van der Waals surface area contributed by atoms with Crippen LogP contribution in [0.25, 0.3) is 10.9 Å². The summed E-state index contributed by atoms with van der Waals surface area (Å²) >= 11 is 0. The molecule has 1 N–H and O–H groups in total. The van der Waals surface area contributed by atoms with Crippen LogP contribution in [0.5, 0.6) is 5.75 Å². The fourth-order valence-corrected chi connectivity index (χ4v) is 5.40. The molecule has 2 aromatic rings. The summed E-state index contributed by atoms with van der Waals surface area (Å²) in [5.74, 6) is 1.48. The first-order valence-corrected chi connectivity index (χ1v) is 12.9. The summed E-state index contributed by atoms with van der Waals surface area (Å²) in [4.78, 5) is 16.8. The molecule has 0 bridgehead atoms. The Morgan fingerprint density at radius 2 is 2.03 bits per heavy atom. The third-order valence-corrected chi connectivity index (χ3v) is 7.22. The zero-order chi connectivity index (χ0) is 23.8. The van der Waals surface area contributed by atoms with Crippen molar-refractivity contribution in [3.8, 4) is 5.75 Å². The molecule has 2 saturated carbocycles. The highest BCUT2D eigenvalue weighted by atomic mass is 32.2. The van der Waals surface area contributed by atoms with E-state index >= 15 is 0 Å². The highest BCUT2D eigenvalue weighted by Crippen LogP contribution is 2.61. The van der Waals surface area contributed by atoms with E-state index in [1.165, 1.54) is 12.1 Å². The van der Waals surface area contributed by atoms with Gasteiger partial charge in [0.25, 0.3) is 10.1 Å². The van der Waals surface area contributed by atoms with E-state index in [-0.39, 0.29) is 30.4 Å². The molecule has 4 rings (SSSR count). The Hall–Kier alpha value is -2.52. The van der Waals surface area contributed by atoms with Crippen LogP contribution < -0.4 is 10.1 Å². The second kappa shape index (κ2) is 9.38. The lowest BCUT2D eigenvalue weighted by molar-refractivity contribution is -0.125. The molecule has 0 spiro atoms. The first kappa shape index (κ1) is 23.6. The van der Waals surface area contributed by atoms with Crippen molar-refractivity contribution in [1.82, 2.24) is 10.3 Å². The maximum Gasteiger partial charge on any atom is 0.264 e.